The Hall–Kier alpha value is -2.35. The standard InChI is InChI=1S/C26H30Cl2N2O4S/c1-26(2,3)34-25(32)29-18-13-15-30(16-14-18)22(31)12-10-17-9-11-21(24(28)23(17)27)35-20-8-6-5-7-19(20)33-4/h5-12,18H,13-16H2,1-4H3,(H,29,32)/b12-10+. The lowest BCUT2D eigenvalue weighted by Gasteiger charge is -2.32. The van der Waals surface area contributed by atoms with Gasteiger partial charge >= 0.3 is 6.09 Å². The Kier molecular flexibility index (Phi) is 9.39. The topological polar surface area (TPSA) is 67.9 Å². The van der Waals surface area contributed by atoms with Crippen LogP contribution in [0.15, 0.2) is 52.3 Å². The number of alkyl carbamates (subject to hydrolysis) is 1. The van der Waals surface area contributed by atoms with Crippen molar-refractivity contribution in [2.24, 2.45) is 0 Å². The maximum Gasteiger partial charge on any atom is 0.407 e. The van der Waals surface area contributed by atoms with Crippen LogP contribution < -0.4 is 10.1 Å². The van der Waals surface area contributed by atoms with Crippen molar-refractivity contribution >= 4 is 53.0 Å². The van der Waals surface area contributed by atoms with E-state index in [0.717, 1.165) is 15.5 Å². The van der Waals surface area contributed by atoms with Crippen molar-refractivity contribution in [1.29, 1.82) is 0 Å². The zero-order chi connectivity index (χ0) is 25.6. The first-order valence-corrected chi connectivity index (χ1v) is 12.9. The third kappa shape index (κ3) is 7.82. The second-order valence-corrected chi connectivity index (χ2v) is 11.0. The van der Waals surface area contributed by atoms with Gasteiger partial charge in [0.25, 0.3) is 0 Å². The first-order valence-electron chi connectivity index (χ1n) is 11.3. The molecule has 9 heteroatoms. The highest BCUT2D eigenvalue weighted by Gasteiger charge is 2.25. The zero-order valence-corrected chi connectivity index (χ0v) is 22.6. The van der Waals surface area contributed by atoms with E-state index in [0.29, 0.717) is 41.5 Å². The molecule has 2 aromatic carbocycles. The second-order valence-electron chi connectivity index (χ2n) is 9.11. The molecule has 188 valence electrons. The van der Waals surface area contributed by atoms with Crippen molar-refractivity contribution in [3.8, 4) is 5.75 Å². The van der Waals surface area contributed by atoms with E-state index in [1.54, 1.807) is 18.1 Å². The molecule has 6 nitrogen and oxygen atoms in total. The first-order chi connectivity index (χ1) is 16.6. The number of hydrogen-bond acceptors (Lipinski definition) is 5. The van der Waals surface area contributed by atoms with Crippen molar-refractivity contribution in [2.45, 2.75) is 55.0 Å². The molecule has 3 rings (SSSR count). The minimum Gasteiger partial charge on any atom is -0.496 e. The fraction of sp³-hybridized carbons (Fsp3) is 0.385. The van der Waals surface area contributed by atoms with E-state index in [9.17, 15) is 9.59 Å². The first kappa shape index (κ1) is 27.2. The van der Waals surface area contributed by atoms with E-state index in [-0.39, 0.29) is 11.9 Å². The lowest BCUT2D eigenvalue weighted by atomic mass is 10.1. The minimum atomic E-state index is -0.541. The number of halogens is 2. The van der Waals surface area contributed by atoms with Gasteiger partial charge in [0.15, 0.2) is 0 Å². The Bertz CT molecular complexity index is 1090. The number of piperidine rings is 1. The van der Waals surface area contributed by atoms with E-state index >= 15 is 0 Å². The third-order valence-electron chi connectivity index (χ3n) is 5.30. The van der Waals surface area contributed by atoms with E-state index in [1.165, 1.54) is 17.8 Å². The van der Waals surface area contributed by atoms with Gasteiger partial charge in [0.1, 0.15) is 11.4 Å². The van der Waals surface area contributed by atoms with Gasteiger partial charge in [0, 0.05) is 30.1 Å². The Balaban J connectivity index is 1.57. The predicted octanol–water partition coefficient (Wildman–Crippen LogP) is 6.68. The highest BCUT2D eigenvalue weighted by Crippen LogP contribution is 2.42. The number of carbonyl (C=O) groups excluding carboxylic acids is 2. The van der Waals surface area contributed by atoms with Crippen LogP contribution in [0.1, 0.15) is 39.2 Å². The molecule has 0 aromatic heterocycles. The van der Waals surface area contributed by atoms with Crippen LogP contribution in [-0.2, 0) is 9.53 Å². The Morgan fingerprint density at radius 1 is 1.06 bits per heavy atom. The summed E-state index contributed by atoms with van der Waals surface area (Å²) in [6.45, 7) is 6.57. The fourth-order valence-corrected chi connectivity index (χ4v) is 5.10. The molecule has 1 aliphatic heterocycles. The fourth-order valence-electron chi connectivity index (χ4n) is 3.56. The molecule has 0 aliphatic carbocycles. The lowest BCUT2D eigenvalue weighted by Crippen LogP contribution is -2.47. The number of rotatable bonds is 6. The number of nitrogens with zero attached hydrogens (tertiary/aromatic N) is 1. The number of methoxy groups -OCH3 is 1. The molecule has 1 saturated heterocycles. The van der Waals surface area contributed by atoms with Gasteiger partial charge in [-0.2, -0.15) is 0 Å². The van der Waals surface area contributed by atoms with Gasteiger partial charge in [0.2, 0.25) is 5.91 Å². The number of benzene rings is 2. The van der Waals surface area contributed by atoms with Crippen molar-refractivity contribution in [3.05, 3.63) is 58.1 Å². The zero-order valence-electron chi connectivity index (χ0n) is 20.3. The number of nitrogens with one attached hydrogen (secondary N) is 1. The summed E-state index contributed by atoms with van der Waals surface area (Å²) in [5.41, 5.74) is 0.122. The molecule has 0 atom stereocenters. The maximum absolute atomic E-state index is 12.7. The summed E-state index contributed by atoms with van der Waals surface area (Å²) in [5, 5.41) is 3.68. The summed E-state index contributed by atoms with van der Waals surface area (Å²) < 4.78 is 10.7. The second kappa shape index (κ2) is 12.1. The minimum absolute atomic E-state index is 0.0144. The largest absolute Gasteiger partial charge is 0.496 e. The molecule has 1 N–H and O–H groups in total. The molecule has 0 unspecified atom stereocenters. The molecule has 35 heavy (non-hydrogen) atoms. The molecule has 0 spiro atoms. The van der Waals surface area contributed by atoms with Crippen LogP contribution in [0.5, 0.6) is 5.75 Å². The maximum atomic E-state index is 12.7. The van der Waals surface area contributed by atoms with Crippen LogP contribution in [0.2, 0.25) is 10.0 Å². The van der Waals surface area contributed by atoms with E-state index in [4.69, 9.17) is 32.7 Å². The Morgan fingerprint density at radius 2 is 1.74 bits per heavy atom. The smallest absolute Gasteiger partial charge is 0.407 e. The highest BCUT2D eigenvalue weighted by atomic mass is 35.5. The van der Waals surface area contributed by atoms with Crippen LogP contribution in [0.25, 0.3) is 6.08 Å². The number of likely N-dealkylation sites (tertiary alicyclic amines) is 1. The van der Waals surface area contributed by atoms with Gasteiger partial charge in [-0.15, -0.1) is 0 Å². The van der Waals surface area contributed by atoms with E-state index in [2.05, 4.69) is 5.32 Å². The number of ether oxygens (including phenoxy) is 2. The van der Waals surface area contributed by atoms with Crippen LogP contribution in [0, 0.1) is 0 Å². The molecule has 0 saturated carbocycles. The average molecular weight is 538 g/mol. The third-order valence-corrected chi connectivity index (χ3v) is 7.42. The van der Waals surface area contributed by atoms with Gasteiger partial charge < -0.3 is 19.7 Å². The number of amides is 2. The average Bonchev–Trinajstić information content (AvgIpc) is 2.81. The molecule has 2 amide bonds. The molecule has 1 heterocycles. The van der Waals surface area contributed by atoms with Gasteiger partial charge in [-0.05, 0) is 63.5 Å². The van der Waals surface area contributed by atoms with Gasteiger partial charge in [-0.25, -0.2) is 4.79 Å². The van der Waals surface area contributed by atoms with Gasteiger partial charge in [0.05, 0.1) is 22.1 Å². The van der Waals surface area contributed by atoms with E-state index < -0.39 is 11.7 Å². The summed E-state index contributed by atoms with van der Waals surface area (Å²) in [6.07, 6.45) is 4.09. The normalized spacial score (nSPS) is 14.7. The molecule has 1 fully saturated rings. The van der Waals surface area contributed by atoms with Gasteiger partial charge in [-0.3, -0.25) is 4.79 Å². The van der Waals surface area contributed by atoms with Crippen molar-refractivity contribution in [3.63, 3.8) is 0 Å². The van der Waals surface area contributed by atoms with Crippen molar-refractivity contribution in [2.75, 3.05) is 20.2 Å². The molecule has 0 bridgehead atoms. The SMILES string of the molecule is COc1ccccc1Sc1ccc(/C=C/C(=O)N2CCC(NC(=O)OC(C)(C)C)CC2)c(Cl)c1Cl. The Morgan fingerprint density at radius 3 is 2.40 bits per heavy atom. The Labute approximate surface area is 220 Å². The monoisotopic (exact) mass is 536 g/mol. The summed E-state index contributed by atoms with van der Waals surface area (Å²) in [7, 11) is 1.62. The van der Waals surface area contributed by atoms with Crippen LogP contribution >= 0.6 is 35.0 Å². The molecule has 1 aliphatic rings. The number of hydrogen-bond donors (Lipinski definition) is 1. The highest BCUT2D eigenvalue weighted by molar-refractivity contribution is 7.99. The number of para-hydroxylation sites is 1. The van der Waals surface area contributed by atoms with Crippen molar-refractivity contribution < 1.29 is 19.1 Å². The van der Waals surface area contributed by atoms with Gasteiger partial charge in [-0.1, -0.05) is 53.2 Å². The van der Waals surface area contributed by atoms with Crippen LogP contribution in [-0.4, -0.2) is 48.7 Å². The molecular formula is C26H30Cl2N2O4S. The molecular weight excluding hydrogens is 507 g/mol. The van der Waals surface area contributed by atoms with Crippen LogP contribution in [0.3, 0.4) is 0 Å². The van der Waals surface area contributed by atoms with E-state index in [1.807, 2.05) is 57.2 Å². The summed E-state index contributed by atoms with van der Waals surface area (Å²) in [6, 6.07) is 11.4. The predicted molar refractivity (Wildman–Crippen MR) is 142 cm³/mol. The lowest BCUT2D eigenvalue weighted by molar-refractivity contribution is -0.127. The quantitative estimate of drug-likeness (QED) is 0.417. The molecule has 2 aromatic rings. The van der Waals surface area contributed by atoms with Crippen LogP contribution in [0.4, 0.5) is 4.79 Å². The summed E-state index contributed by atoms with van der Waals surface area (Å²) >= 11 is 14.5. The summed E-state index contributed by atoms with van der Waals surface area (Å²) in [5.74, 6) is 0.643. The molecule has 0 radical (unpaired) electrons. The number of carbonyl (C=O) groups is 2. The van der Waals surface area contributed by atoms with Crippen molar-refractivity contribution in [1.82, 2.24) is 10.2 Å². The summed E-state index contributed by atoms with van der Waals surface area (Å²) in [4.78, 5) is 28.1.